The molecule has 13 nitrogen and oxygen atoms in total. The first-order valence-electron chi connectivity index (χ1n) is 17.5. The molecule has 1 aromatic heterocycles. The summed E-state index contributed by atoms with van der Waals surface area (Å²) in [6.45, 7) is 8.80. The Labute approximate surface area is 299 Å². The molecule has 4 aromatic rings. The van der Waals surface area contributed by atoms with Crippen LogP contribution < -0.4 is 19.5 Å². The van der Waals surface area contributed by atoms with E-state index >= 15 is 0 Å². The average molecular weight is 722 g/mol. The molecule has 0 aliphatic carbocycles. The molecule has 6 rings (SSSR count). The standard InChI is InChI=1S/C37H47N5O8S/c1-6-47-36(43)21-31(27-18-32-37(34(19-27)46-5)41(4)40-39-32)26-8-7-24(2)28(17-26)23-42-22-25(3)50-33-20-30(9-10-35(33)51(42,44)45)49-16-15-48-29-11-13-38-14-12-29/h7-10,17-20,25,29,31,38H,6,11-16,21-23H2,1-5H3/t25-,31?/m1/s1. The largest absolute Gasteiger partial charge is 0.494 e. The maximum absolute atomic E-state index is 14.2. The van der Waals surface area contributed by atoms with E-state index in [0.717, 1.165) is 53.7 Å². The Bertz CT molecular complexity index is 1960. The van der Waals surface area contributed by atoms with E-state index in [4.69, 9.17) is 23.7 Å². The van der Waals surface area contributed by atoms with Crippen LogP contribution in [0.5, 0.6) is 17.2 Å². The van der Waals surface area contributed by atoms with Crippen LogP contribution >= 0.6 is 0 Å². The maximum atomic E-state index is 14.2. The van der Waals surface area contributed by atoms with E-state index in [9.17, 15) is 13.2 Å². The van der Waals surface area contributed by atoms with Gasteiger partial charge in [0, 0.05) is 25.6 Å². The lowest BCUT2D eigenvalue weighted by Gasteiger charge is -2.24. The number of sulfonamides is 1. The van der Waals surface area contributed by atoms with Crippen molar-refractivity contribution in [1.29, 1.82) is 0 Å². The zero-order chi connectivity index (χ0) is 36.1. The Balaban J connectivity index is 1.25. The molecule has 274 valence electrons. The van der Waals surface area contributed by atoms with Crippen LogP contribution in [0.2, 0.25) is 0 Å². The zero-order valence-corrected chi connectivity index (χ0v) is 30.7. The molecule has 14 heteroatoms. The summed E-state index contributed by atoms with van der Waals surface area (Å²) in [4.78, 5) is 13.0. The van der Waals surface area contributed by atoms with Crippen LogP contribution in [-0.2, 0) is 37.9 Å². The van der Waals surface area contributed by atoms with Crippen molar-refractivity contribution in [3.8, 4) is 17.2 Å². The molecule has 0 bridgehead atoms. The predicted octanol–water partition coefficient (Wildman–Crippen LogP) is 4.49. The third-order valence-corrected chi connectivity index (χ3v) is 11.3. The Hall–Kier alpha value is -4.24. The number of piperidine rings is 1. The molecule has 0 saturated carbocycles. The Morgan fingerprint density at radius 3 is 2.65 bits per heavy atom. The third-order valence-electron chi connectivity index (χ3n) is 9.42. The van der Waals surface area contributed by atoms with Gasteiger partial charge >= 0.3 is 5.97 Å². The van der Waals surface area contributed by atoms with E-state index in [-0.39, 0.29) is 48.8 Å². The Morgan fingerprint density at radius 2 is 1.88 bits per heavy atom. The van der Waals surface area contributed by atoms with Crippen molar-refractivity contribution in [3.05, 3.63) is 70.8 Å². The molecule has 2 aliphatic rings. The van der Waals surface area contributed by atoms with Gasteiger partial charge in [-0.05, 0) is 93.2 Å². The van der Waals surface area contributed by atoms with Crippen LogP contribution in [0.15, 0.2) is 53.4 Å². The van der Waals surface area contributed by atoms with Crippen molar-refractivity contribution < 1.29 is 36.9 Å². The summed E-state index contributed by atoms with van der Waals surface area (Å²) in [7, 11) is -0.576. The van der Waals surface area contributed by atoms with Crippen molar-refractivity contribution >= 4 is 27.0 Å². The maximum Gasteiger partial charge on any atom is 0.306 e. The number of aryl methyl sites for hydroxylation is 2. The van der Waals surface area contributed by atoms with Crippen LogP contribution in [0.25, 0.3) is 11.0 Å². The number of esters is 1. The molecule has 2 aliphatic heterocycles. The molecule has 1 unspecified atom stereocenters. The first-order chi connectivity index (χ1) is 24.6. The molecular weight excluding hydrogens is 675 g/mol. The summed E-state index contributed by atoms with van der Waals surface area (Å²) in [6.07, 6.45) is 1.83. The number of ether oxygens (including phenoxy) is 5. The molecule has 3 heterocycles. The van der Waals surface area contributed by atoms with Crippen molar-refractivity contribution in [2.45, 2.75) is 69.6 Å². The number of aromatic nitrogens is 3. The second-order valence-corrected chi connectivity index (χ2v) is 15.0. The molecule has 1 fully saturated rings. The SMILES string of the molecule is CCOC(=O)CC(c1ccc(C)c(CN2C[C@@H](C)Oc3cc(OCCOC4CCNCC4)ccc3S2(=O)=O)c1)c1cc(OC)c2c(c1)nnn2C. The van der Waals surface area contributed by atoms with Gasteiger partial charge in [0.1, 0.15) is 45.9 Å². The van der Waals surface area contributed by atoms with Gasteiger partial charge in [-0.2, -0.15) is 4.31 Å². The van der Waals surface area contributed by atoms with Crippen LogP contribution in [0.4, 0.5) is 0 Å². The van der Waals surface area contributed by atoms with Gasteiger partial charge in [0.2, 0.25) is 10.0 Å². The molecule has 2 atom stereocenters. The molecular formula is C37H47N5O8S. The van der Waals surface area contributed by atoms with E-state index in [2.05, 4.69) is 15.6 Å². The number of carbonyl (C=O) groups excluding carboxylic acids is 1. The van der Waals surface area contributed by atoms with Crippen LogP contribution in [0.3, 0.4) is 0 Å². The van der Waals surface area contributed by atoms with Crippen molar-refractivity contribution in [2.24, 2.45) is 7.05 Å². The summed E-state index contributed by atoms with van der Waals surface area (Å²) in [5.74, 6) is 0.591. The number of hydrogen-bond acceptors (Lipinski definition) is 11. The molecule has 3 aromatic carbocycles. The number of nitrogens with zero attached hydrogens (tertiary/aromatic N) is 4. The first kappa shape index (κ1) is 36.5. The van der Waals surface area contributed by atoms with E-state index in [1.54, 1.807) is 44.0 Å². The molecule has 0 radical (unpaired) electrons. The van der Waals surface area contributed by atoms with Gasteiger partial charge in [-0.25, -0.2) is 13.1 Å². The van der Waals surface area contributed by atoms with Gasteiger partial charge in [-0.15, -0.1) is 5.10 Å². The van der Waals surface area contributed by atoms with Crippen molar-refractivity contribution in [1.82, 2.24) is 24.6 Å². The van der Waals surface area contributed by atoms with E-state index < -0.39 is 22.0 Å². The minimum Gasteiger partial charge on any atom is -0.494 e. The summed E-state index contributed by atoms with van der Waals surface area (Å²) < 4.78 is 60.5. The zero-order valence-electron chi connectivity index (χ0n) is 29.9. The second-order valence-electron chi connectivity index (χ2n) is 13.1. The van der Waals surface area contributed by atoms with Gasteiger partial charge in [0.15, 0.2) is 0 Å². The highest BCUT2D eigenvalue weighted by atomic mass is 32.2. The fourth-order valence-corrected chi connectivity index (χ4v) is 8.36. The normalized spacial score (nSPS) is 18.4. The summed E-state index contributed by atoms with van der Waals surface area (Å²) in [6, 6.07) is 14.5. The fourth-order valence-electron chi connectivity index (χ4n) is 6.76. The lowest BCUT2D eigenvalue weighted by Crippen LogP contribution is -2.35. The third kappa shape index (κ3) is 8.30. The van der Waals surface area contributed by atoms with Gasteiger partial charge < -0.3 is 29.0 Å². The lowest BCUT2D eigenvalue weighted by molar-refractivity contribution is -0.143. The number of benzene rings is 3. The monoisotopic (exact) mass is 721 g/mol. The quantitative estimate of drug-likeness (QED) is 0.154. The summed E-state index contributed by atoms with van der Waals surface area (Å²) in [5, 5.41) is 11.8. The van der Waals surface area contributed by atoms with Gasteiger partial charge in [0.25, 0.3) is 0 Å². The topological polar surface area (TPSA) is 143 Å². The number of nitrogens with one attached hydrogen (secondary N) is 1. The van der Waals surface area contributed by atoms with E-state index in [1.165, 1.54) is 4.31 Å². The van der Waals surface area contributed by atoms with Crippen LogP contribution in [-0.4, -0.2) is 92.5 Å². The van der Waals surface area contributed by atoms with Gasteiger partial charge in [0.05, 0.1) is 39.4 Å². The van der Waals surface area contributed by atoms with Gasteiger partial charge in [-0.3, -0.25) is 4.79 Å². The van der Waals surface area contributed by atoms with E-state index in [1.807, 2.05) is 44.2 Å². The van der Waals surface area contributed by atoms with Crippen molar-refractivity contribution in [3.63, 3.8) is 0 Å². The number of hydrogen-bond donors (Lipinski definition) is 1. The van der Waals surface area contributed by atoms with Crippen LogP contribution in [0.1, 0.15) is 61.3 Å². The average Bonchev–Trinajstić information content (AvgIpc) is 3.46. The minimum atomic E-state index is -3.95. The van der Waals surface area contributed by atoms with Crippen LogP contribution in [0, 0.1) is 6.92 Å². The minimum absolute atomic E-state index is 0.0696. The number of methoxy groups -OCH3 is 1. The number of carbonyl (C=O) groups is 1. The van der Waals surface area contributed by atoms with Crippen molar-refractivity contribution in [2.75, 3.05) is 46.6 Å². The highest BCUT2D eigenvalue weighted by molar-refractivity contribution is 7.89. The molecule has 51 heavy (non-hydrogen) atoms. The second kappa shape index (κ2) is 16.0. The lowest BCUT2D eigenvalue weighted by atomic mass is 9.86. The van der Waals surface area contributed by atoms with E-state index in [0.29, 0.717) is 30.2 Å². The summed E-state index contributed by atoms with van der Waals surface area (Å²) >= 11 is 0. The summed E-state index contributed by atoms with van der Waals surface area (Å²) in [5.41, 5.74) is 4.73. The number of rotatable bonds is 13. The molecule has 0 amide bonds. The Kier molecular flexibility index (Phi) is 11.4. The molecule has 1 N–H and O–H groups in total. The highest BCUT2D eigenvalue weighted by Crippen LogP contribution is 2.38. The number of fused-ring (bicyclic) bond motifs is 2. The fraction of sp³-hybridized carbons (Fsp3) is 0.486. The predicted molar refractivity (Wildman–Crippen MR) is 191 cm³/mol. The van der Waals surface area contributed by atoms with Gasteiger partial charge in [-0.1, -0.05) is 23.4 Å². The Morgan fingerprint density at radius 1 is 1.08 bits per heavy atom. The molecule has 1 saturated heterocycles. The molecule has 0 spiro atoms. The first-order valence-corrected chi connectivity index (χ1v) is 18.9. The highest BCUT2D eigenvalue weighted by Gasteiger charge is 2.34. The smallest absolute Gasteiger partial charge is 0.306 e.